The average Bonchev–Trinajstić information content (AvgIpc) is 2.46. The van der Waals surface area contributed by atoms with Crippen molar-refractivity contribution in [2.75, 3.05) is 32.8 Å². The van der Waals surface area contributed by atoms with Crippen molar-refractivity contribution in [1.82, 2.24) is 10.2 Å². The molecule has 20 heavy (non-hydrogen) atoms. The Labute approximate surface area is 130 Å². The molecule has 3 nitrogen and oxygen atoms in total. The fraction of sp³-hybridized carbons (Fsp3) is 0.625. The molecule has 0 bridgehead atoms. The smallest absolute Gasteiger partial charge is 0.0619 e. The third-order valence-electron chi connectivity index (χ3n) is 3.94. The number of hydrogen-bond acceptors (Lipinski definition) is 3. The number of nitrogens with one attached hydrogen (secondary N) is 1. The van der Waals surface area contributed by atoms with Crippen LogP contribution in [0.4, 0.5) is 0 Å². The van der Waals surface area contributed by atoms with E-state index in [0.29, 0.717) is 12.1 Å². The maximum absolute atomic E-state index is 5.51. The molecule has 0 saturated carbocycles. The van der Waals surface area contributed by atoms with E-state index < -0.39 is 0 Å². The minimum Gasteiger partial charge on any atom is -0.379 e. The van der Waals surface area contributed by atoms with Crippen LogP contribution in [-0.2, 0) is 4.74 Å². The number of hydrogen-bond donors (Lipinski definition) is 1. The molecule has 2 unspecified atom stereocenters. The van der Waals surface area contributed by atoms with Gasteiger partial charge in [0.15, 0.2) is 0 Å². The molecule has 1 heterocycles. The van der Waals surface area contributed by atoms with Crippen LogP contribution in [0, 0.1) is 0 Å². The molecule has 0 aliphatic carbocycles. The van der Waals surface area contributed by atoms with Gasteiger partial charge in [0, 0.05) is 29.6 Å². The normalized spacial score (nSPS) is 21.9. The number of halogens is 1. The summed E-state index contributed by atoms with van der Waals surface area (Å²) in [5, 5.41) is 3.61. The first-order chi connectivity index (χ1) is 9.72. The average molecular weight is 341 g/mol. The molecule has 0 radical (unpaired) electrons. The van der Waals surface area contributed by atoms with Gasteiger partial charge < -0.3 is 10.1 Å². The maximum Gasteiger partial charge on any atom is 0.0619 e. The Bertz CT molecular complexity index is 413. The summed E-state index contributed by atoms with van der Waals surface area (Å²) in [6, 6.07) is 9.45. The topological polar surface area (TPSA) is 24.5 Å². The molecule has 1 N–H and O–H groups in total. The van der Waals surface area contributed by atoms with Gasteiger partial charge in [0.2, 0.25) is 0 Å². The van der Waals surface area contributed by atoms with Crippen molar-refractivity contribution in [2.24, 2.45) is 0 Å². The van der Waals surface area contributed by atoms with E-state index in [1.54, 1.807) is 0 Å². The third-order valence-corrected chi connectivity index (χ3v) is 4.66. The Morgan fingerprint density at radius 1 is 1.45 bits per heavy atom. The van der Waals surface area contributed by atoms with E-state index in [1.165, 1.54) is 10.0 Å². The molecule has 2 atom stereocenters. The molecule has 112 valence electrons. The lowest BCUT2D eigenvalue weighted by Crippen LogP contribution is -2.44. The summed E-state index contributed by atoms with van der Waals surface area (Å²) in [7, 11) is 0. The van der Waals surface area contributed by atoms with Gasteiger partial charge in [-0.3, -0.25) is 4.90 Å². The van der Waals surface area contributed by atoms with Crippen LogP contribution >= 0.6 is 15.9 Å². The van der Waals surface area contributed by atoms with Crippen LogP contribution in [-0.4, -0.2) is 43.8 Å². The Morgan fingerprint density at radius 2 is 2.25 bits per heavy atom. The molecular weight excluding hydrogens is 316 g/mol. The third kappa shape index (κ3) is 4.29. The summed E-state index contributed by atoms with van der Waals surface area (Å²) in [4.78, 5) is 2.53. The van der Waals surface area contributed by atoms with Gasteiger partial charge in [0.05, 0.1) is 13.2 Å². The molecule has 1 aromatic carbocycles. The molecule has 0 amide bonds. The molecular formula is C16H25BrN2O. The zero-order valence-corrected chi connectivity index (χ0v) is 14.0. The Kier molecular flexibility index (Phi) is 6.49. The highest BCUT2D eigenvalue weighted by Gasteiger charge is 2.20. The van der Waals surface area contributed by atoms with Crippen LogP contribution in [0.5, 0.6) is 0 Å². The Morgan fingerprint density at radius 3 is 2.95 bits per heavy atom. The summed E-state index contributed by atoms with van der Waals surface area (Å²) in [5.41, 5.74) is 1.36. The lowest BCUT2D eigenvalue weighted by molar-refractivity contribution is -0.00181. The summed E-state index contributed by atoms with van der Waals surface area (Å²) in [6.07, 6.45) is 1.13. The second-order valence-corrected chi connectivity index (χ2v) is 6.23. The summed E-state index contributed by atoms with van der Waals surface area (Å²) < 4.78 is 6.70. The Balaban J connectivity index is 1.97. The number of morpholine rings is 1. The monoisotopic (exact) mass is 340 g/mol. The fourth-order valence-electron chi connectivity index (χ4n) is 2.76. The maximum atomic E-state index is 5.51. The SMILES string of the molecule is CCNC(CCN1CCOCC1C)c1ccccc1Br. The predicted molar refractivity (Wildman–Crippen MR) is 87.0 cm³/mol. The van der Waals surface area contributed by atoms with E-state index in [-0.39, 0.29) is 0 Å². The van der Waals surface area contributed by atoms with E-state index >= 15 is 0 Å². The molecule has 0 spiro atoms. The molecule has 2 rings (SSSR count). The van der Waals surface area contributed by atoms with Crippen LogP contribution in [0.3, 0.4) is 0 Å². The first-order valence-electron chi connectivity index (χ1n) is 7.52. The van der Waals surface area contributed by atoms with E-state index in [0.717, 1.165) is 39.3 Å². The molecule has 1 saturated heterocycles. The zero-order chi connectivity index (χ0) is 14.4. The fourth-order valence-corrected chi connectivity index (χ4v) is 3.32. The van der Waals surface area contributed by atoms with Gasteiger partial charge in [-0.1, -0.05) is 41.1 Å². The molecule has 1 fully saturated rings. The number of ether oxygens (including phenoxy) is 1. The van der Waals surface area contributed by atoms with Crippen LogP contribution in [0.1, 0.15) is 31.9 Å². The minimum atomic E-state index is 0.408. The summed E-state index contributed by atoms with van der Waals surface area (Å²) in [6.45, 7) is 9.30. The van der Waals surface area contributed by atoms with Gasteiger partial charge in [0.1, 0.15) is 0 Å². The largest absolute Gasteiger partial charge is 0.379 e. The molecule has 1 aliphatic rings. The van der Waals surface area contributed by atoms with Gasteiger partial charge >= 0.3 is 0 Å². The Hall–Kier alpha value is -0.420. The number of benzene rings is 1. The molecule has 1 aliphatic heterocycles. The van der Waals surface area contributed by atoms with Crippen molar-refractivity contribution < 1.29 is 4.74 Å². The van der Waals surface area contributed by atoms with E-state index in [9.17, 15) is 0 Å². The van der Waals surface area contributed by atoms with E-state index in [1.807, 2.05) is 0 Å². The van der Waals surface area contributed by atoms with Gasteiger partial charge in [-0.25, -0.2) is 0 Å². The predicted octanol–water partition coefficient (Wildman–Crippen LogP) is 3.21. The second-order valence-electron chi connectivity index (χ2n) is 5.38. The lowest BCUT2D eigenvalue weighted by Gasteiger charge is -2.34. The standard InChI is InChI=1S/C16H25BrN2O/c1-3-18-16(14-6-4-5-7-15(14)17)8-9-19-10-11-20-12-13(19)2/h4-7,13,16,18H,3,8-12H2,1-2H3. The summed E-state index contributed by atoms with van der Waals surface area (Å²) in [5.74, 6) is 0. The molecule has 1 aromatic rings. The molecule has 4 heteroatoms. The highest BCUT2D eigenvalue weighted by molar-refractivity contribution is 9.10. The van der Waals surface area contributed by atoms with Crippen molar-refractivity contribution in [3.8, 4) is 0 Å². The minimum absolute atomic E-state index is 0.408. The van der Waals surface area contributed by atoms with E-state index in [2.05, 4.69) is 64.3 Å². The first-order valence-corrected chi connectivity index (χ1v) is 8.31. The van der Waals surface area contributed by atoms with Crippen LogP contribution in [0.15, 0.2) is 28.7 Å². The van der Waals surface area contributed by atoms with Crippen molar-refractivity contribution in [3.63, 3.8) is 0 Å². The number of nitrogens with zero attached hydrogens (tertiary/aromatic N) is 1. The van der Waals surface area contributed by atoms with Crippen molar-refractivity contribution in [3.05, 3.63) is 34.3 Å². The lowest BCUT2D eigenvalue weighted by atomic mass is 10.0. The van der Waals surface area contributed by atoms with E-state index in [4.69, 9.17) is 4.74 Å². The second kappa shape index (κ2) is 8.13. The summed E-state index contributed by atoms with van der Waals surface area (Å²) >= 11 is 3.67. The van der Waals surface area contributed by atoms with Crippen LogP contribution in [0.25, 0.3) is 0 Å². The first kappa shape index (κ1) is 16.0. The zero-order valence-electron chi connectivity index (χ0n) is 12.4. The molecule has 0 aromatic heterocycles. The van der Waals surface area contributed by atoms with Gasteiger partial charge in [-0.05, 0) is 31.5 Å². The van der Waals surface area contributed by atoms with Crippen LogP contribution in [0.2, 0.25) is 0 Å². The van der Waals surface area contributed by atoms with Crippen molar-refractivity contribution in [2.45, 2.75) is 32.4 Å². The van der Waals surface area contributed by atoms with Gasteiger partial charge in [-0.15, -0.1) is 0 Å². The van der Waals surface area contributed by atoms with Gasteiger partial charge in [-0.2, -0.15) is 0 Å². The number of rotatable bonds is 6. The van der Waals surface area contributed by atoms with Crippen molar-refractivity contribution in [1.29, 1.82) is 0 Å². The van der Waals surface area contributed by atoms with Gasteiger partial charge in [0.25, 0.3) is 0 Å². The van der Waals surface area contributed by atoms with Crippen molar-refractivity contribution >= 4 is 15.9 Å². The highest BCUT2D eigenvalue weighted by Crippen LogP contribution is 2.26. The van der Waals surface area contributed by atoms with Crippen LogP contribution < -0.4 is 5.32 Å². The highest BCUT2D eigenvalue weighted by atomic mass is 79.9. The quantitative estimate of drug-likeness (QED) is 0.860.